The summed E-state index contributed by atoms with van der Waals surface area (Å²) in [7, 11) is -3.74. The molecule has 0 fully saturated rings. The van der Waals surface area contributed by atoms with E-state index in [1.165, 1.54) is 24.3 Å². The van der Waals surface area contributed by atoms with Crippen molar-refractivity contribution in [2.45, 2.75) is 50.5 Å². The number of halogens is 1. The van der Waals surface area contributed by atoms with Crippen LogP contribution in [-0.4, -0.2) is 36.4 Å². The number of fused-ring (bicyclic) bond motifs is 1. The van der Waals surface area contributed by atoms with Crippen molar-refractivity contribution in [1.82, 2.24) is 14.9 Å². The van der Waals surface area contributed by atoms with Gasteiger partial charge in [-0.05, 0) is 64.9 Å². The van der Waals surface area contributed by atoms with E-state index in [1.807, 2.05) is 18.5 Å². The molecule has 0 atom stereocenters. The van der Waals surface area contributed by atoms with Gasteiger partial charge in [0.2, 0.25) is 0 Å². The number of sulfonamides is 1. The van der Waals surface area contributed by atoms with Crippen LogP contribution in [0.5, 0.6) is 0 Å². The fraction of sp³-hybridized carbons (Fsp3) is 0.360. The van der Waals surface area contributed by atoms with Crippen LogP contribution in [0.2, 0.25) is 0 Å². The lowest BCUT2D eigenvalue weighted by molar-refractivity contribution is 0.255. The Labute approximate surface area is 194 Å². The van der Waals surface area contributed by atoms with Crippen LogP contribution in [0.1, 0.15) is 43.3 Å². The Bertz CT molecular complexity index is 1220. The van der Waals surface area contributed by atoms with E-state index in [-0.39, 0.29) is 10.3 Å². The smallest absolute Gasteiger partial charge is 0.261 e. The predicted octanol–water partition coefficient (Wildman–Crippen LogP) is 4.31. The number of aromatic nitrogens is 2. The predicted molar refractivity (Wildman–Crippen MR) is 127 cm³/mol. The molecule has 174 valence electrons. The summed E-state index contributed by atoms with van der Waals surface area (Å²) < 4.78 is 41.1. The van der Waals surface area contributed by atoms with Crippen LogP contribution < -0.4 is 4.72 Å². The zero-order valence-corrected chi connectivity index (χ0v) is 20.0. The SMILES string of the molecule is CC(C)(C)c1cnc(CCN2CCc3cc(S(=O)(=O)Nc4ccc(F)cc4)ccc3C2)nc1. The van der Waals surface area contributed by atoms with E-state index < -0.39 is 15.8 Å². The van der Waals surface area contributed by atoms with E-state index in [0.717, 1.165) is 55.0 Å². The highest BCUT2D eigenvalue weighted by molar-refractivity contribution is 7.92. The molecule has 0 saturated carbocycles. The Morgan fingerprint density at radius 2 is 1.73 bits per heavy atom. The van der Waals surface area contributed by atoms with Crippen LogP contribution in [0.4, 0.5) is 10.1 Å². The van der Waals surface area contributed by atoms with Crippen molar-refractivity contribution in [3.8, 4) is 0 Å². The molecule has 4 rings (SSSR count). The van der Waals surface area contributed by atoms with Gasteiger partial charge >= 0.3 is 0 Å². The van der Waals surface area contributed by atoms with E-state index in [9.17, 15) is 12.8 Å². The first-order valence-corrected chi connectivity index (χ1v) is 12.5. The molecule has 8 heteroatoms. The van der Waals surface area contributed by atoms with Crippen molar-refractivity contribution in [3.05, 3.63) is 83.2 Å². The second-order valence-electron chi connectivity index (χ2n) is 9.46. The Hall–Kier alpha value is -2.84. The van der Waals surface area contributed by atoms with E-state index in [0.29, 0.717) is 5.69 Å². The summed E-state index contributed by atoms with van der Waals surface area (Å²) in [6, 6.07) is 10.5. The van der Waals surface area contributed by atoms with E-state index in [1.54, 1.807) is 12.1 Å². The summed E-state index contributed by atoms with van der Waals surface area (Å²) >= 11 is 0. The molecule has 1 aromatic heterocycles. The third-order valence-corrected chi connectivity index (χ3v) is 7.28. The summed E-state index contributed by atoms with van der Waals surface area (Å²) in [5, 5.41) is 0. The number of nitrogens with one attached hydrogen (secondary N) is 1. The molecule has 0 bridgehead atoms. The van der Waals surface area contributed by atoms with Gasteiger partial charge in [0.05, 0.1) is 4.90 Å². The molecule has 2 heterocycles. The fourth-order valence-corrected chi connectivity index (χ4v) is 4.92. The number of benzene rings is 2. The molecule has 3 aromatic rings. The van der Waals surface area contributed by atoms with Crippen LogP contribution in [-0.2, 0) is 34.8 Å². The van der Waals surface area contributed by atoms with Gasteiger partial charge in [-0.15, -0.1) is 0 Å². The van der Waals surface area contributed by atoms with Crippen LogP contribution >= 0.6 is 0 Å². The molecule has 0 saturated heterocycles. The third-order valence-electron chi connectivity index (χ3n) is 5.90. The Kier molecular flexibility index (Phi) is 6.50. The summed E-state index contributed by atoms with van der Waals surface area (Å²) in [5.74, 6) is 0.423. The lowest BCUT2D eigenvalue weighted by Crippen LogP contribution is -2.32. The van der Waals surface area contributed by atoms with Gasteiger partial charge in [0.25, 0.3) is 10.0 Å². The highest BCUT2D eigenvalue weighted by Gasteiger charge is 2.21. The molecule has 0 unspecified atom stereocenters. The van der Waals surface area contributed by atoms with Crippen LogP contribution in [0.15, 0.2) is 59.8 Å². The van der Waals surface area contributed by atoms with Gasteiger partial charge in [0.15, 0.2) is 0 Å². The maximum Gasteiger partial charge on any atom is 0.261 e. The first-order chi connectivity index (χ1) is 15.6. The maximum atomic E-state index is 13.1. The van der Waals surface area contributed by atoms with Gasteiger partial charge in [-0.3, -0.25) is 9.62 Å². The van der Waals surface area contributed by atoms with E-state index in [2.05, 4.69) is 40.4 Å². The molecule has 0 radical (unpaired) electrons. The molecule has 2 aromatic carbocycles. The summed E-state index contributed by atoms with van der Waals surface area (Å²) in [6.07, 6.45) is 5.37. The normalized spacial score (nSPS) is 14.7. The minimum absolute atomic E-state index is 0.0377. The minimum atomic E-state index is -3.74. The van der Waals surface area contributed by atoms with Crippen molar-refractivity contribution >= 4 is 15.7 Å². The lowest BCUT2D eigenvalue weighted by Gasteiger charge is -2.29. The molecule has 0 spiro atoms. The molecule has 0 aliphatic carbocycles. The molecule has 0 amide bonds. The van der Waals surface area contributed by atoms with Crippen molar-refractivity contribution in [2.24, 2.45) is 0 Å². The van der Waals surface area contributed by atoms with Crippen LogP contribution in [0, 0.1) is 5.82 Å². The van der Waals surface area contributed by atoms with Gasteiger partial charge in [-0.25, -0.2) is 22.8 Å². The van der Waals surface area contributed by atoms with Crippen molar-refractivity contribution in [3.63, 3.8) is 0 Å². The number of rotatable bonds is 6. The van der Waals surface area contributed by atoms with Crippen molar-refractivity contribution < 1.29 is 12.8 Å². The topological polar surface area (TPSA) is 75.2 Å². The zero-order valence-electron chi connectivity index (χ0n) is 19.2. The van der Waals surface area contributed by atoms with Crippen LogP contribution in [0.25, 0.3) is 0 Å². The standard InChI is InChI=1S/C25H29FN4O2S/c1-25(2,3)20-15-27-24(28-16-20)11-13-30-12-10-18-14-23(9-4-19(18)17-30)33(31,32)29-22-7-5-21(26)6-8-22/h4-9,14-16,29H,10-13,17H2,1-3H3. The average molecular weight is 469 g/mol. The highest BCUT2D eigenvalue weighted by Crippen LogP contribution is 2.24. The highest BCUT2D eigenvalue weighted by atomic mass is 32.2. The zero-order chi connectivity index (χ0) is 23.6. The number of hydrogen-bond donors (Lipinski definition) is 1. The summed E-state index contributed by atoms with van der Waals surface area (Å²) in [4.78, 5) is 11.6. The monoisotopic (exact) mass is 468 g/mol. The van der Waals surface area contributed by atoms with Gasteiger partial charge in [0.1, 0.15) is 11.6 Å². The number of anilines is 1. The second kappa shape index (κ2) is 9.19. The number of hydrogen-bond acceptors (Lipinski definition) is 5. The minimum Gasteiger partial charge on any atom is -0.298 e. The third kappa shape index (κ3) is 5.75. The Morgan fingerprint density at radius 1 is 1.03 bits per heavy atom. The molecule has 6 nitrogen and oxygen atoms in total. The van der Waals surface area contributed by atoms with Gasteiger partial charge in [-0.2, -0.15) is 0 Å². The second-order valence-corrected chi connectivity index (χ2v) is 11.1. The lowest BCUT2D eigenvalue weighted by atomic mass is 9.89. The molecular weight excluding hydrogens is 439 g/mol. The van der Waals surface area contributed by atoms with Gasteiger partial charge < -0.3 is 0 Å². The Balaban J connectivity index is 1.38. The van der Waals surface area contributed by atoms with Gasteiger partial charge in [-0.1, -0.05) is 26.8 Å². The first kappa shape index (κ1) is 23.3. The maximum absolute atomic E-state index is 13.1. The van der Waals surface area contributed by atoms with Crippen molar-refractivity contribution in [1.29, 1.82) is 0 Å². The molecular formula is C25H29FN4O2S. The number of nitrogens with zero attached hydrogens (tertiary/aromatic N) is 3. The van der Waals surface area contributed by atoms with Crippen molar-refractivity contribution in [2.75, 3.05) is 17.8 Å². The van der Waals surface area contributed by atoms with Crippen LogP contribution in [0.3, 0.4) is 0 Å². The molecule has 1 aliphatic rings. The molecule has 33 heavy (non-hydrogen) atoms. The van der Waals surface area contributed by atoms with Gasteiger partial charge in [0, 0.05) is 44.1 Å². The fourth-order valence-electron chi connectivity index (χ4n) is 3.81. The largest absolute Gasteiger partial charge is 0.298 e. The quantitative estimate of drug-likeness (QED) is 0.583. The Morgan fingerprint density at radius 3 is 2.39 bits per heavy atom. The summed E-state index contributed by atoms with van der Waals surface area (Å²) in [5.41, 5.74) is 3.66. The molecule has 1 aliphatic heterocycles. The summed E-state index contributed by atoms with van der Waals surface area (Å²) in [6.45, 7) is 8.90. The average Bonchev–Trinajstić information content (AvgIpc) is 2.78. The van der Waals surface area contributed by atoms with E-state index >= 15 is 0 Å². The first-order valence-electron chi connectivity index (χ1n) is 11.0. The van der Waals surface area contributed by atoms with E-state index in [4.69, 9.17) is 0 Å². The molecule has 1 N–H and O–H groups in total.